The topological polar surface area (TPSA) is 12.0 Å². The molecule has 1 aliphatic carbocycles. The van der Waals surface area contributed by atoms with Crippen molar-refractivity contribution in [3.63, 3.8) is 0 Å². The first-order valence-electron chi connectivity index (χ1n) is 7.47. The molecule has 1 nitrogen and oxygen atoms in total. The van der Waals surface area contributed by atoms with E-state index in [1.807, 2.05) is 6.07 Å². The summed E-state index contributed by atoms with van der Waals surface area (Å²) < 4.78 is 26.9. The van der Waals surface area contributed by atoms with Crippen molar-refractivity contribution >= 4 is 11.3 Å². The largest absolute Gasteiger partial charge is 0.309 e. The fourth-order valence-corrected chi connectivity index (χ4v) is 3.79. The average molecular weight is 307 g/mol. The molecular formula is C17H19F2NS. The summed E-state index contributed by atoms with van der Waals surface area (Å²) in [5.41, 5.74) is 0.484. The molecule has 0 radical (unpaired) electrons. The van der Waals surface area contributed by atoms with Gasteiger partial charge in [-0.3, -0.25) is 0 Å². The minimum Gasteiger partial charge on any atom is -0.309 e. The van der Waals surface area contributed by atoms with E-state index in [1.165, 1.54) is 29.9 Å². The molecule has 21 heavy (non-hydrogen) atoms. The number of halogens is 2. The van der Waals surface area contributed by atoms with Gasteiger partial charge in [-0.05, 0) is 56.0 Å². The van der Waals surface area contributed by atoms with Crippen LogP contribution < -0.4 is 5.32 Å². The van der Waals surface area contributed by atoms with Crippen LogP contribution in [0.15, 0.2) is 30.3 Å². The van der Waals surface area contributed by atoms with E-state index in [-0.39, 0.29) is 0 Å². The second kappa shape index (κ2) is 6.24. The summed E-state index contributed by atoms with van der Waals surface area (Å²) in [4.78, 5) is 2.12. The van der Waals surface area contributed by atoms with Crippen LogP contribution in [0.1, 0.15) is 37.1 Å². The maximum absolute atomic E-state index is 13.9. The molecule has 3 rings (SSSR count). The molecule has 2 aromatic rings. The molecule has 1 aromatic heterocycles. The van der Waals surface area contributed by atoms with Crippen LogP contribution >= 0.6 is 11.3 Å². The molecular weight excluding hydrogens is 288 g/mol. The van der Waals surface area contributed by atoms with Crippen LogP contribution in [0, 0.1) is 17.6 Å². The minimum atomic E-state index is -0.534. The quantitative estimate of drug-likeness (QED) is 0.779. The molecule has 1 heterocycles. The molecule has 0 aliphatic heterocycles. The number of hydrogen-bond acceptors (Lipinski definition) is 2. The van der Waals surface area contributed by atoms with Crippen molar-refractivity contribution in [1.29, 1.82) is 0 Å². The number of nitrogens with one attached hydrogen (secondary N) is 1. The monoisotopic (exact) mass is 307 g/mol. The molecule has 1 atom stereocenters. The van der Waals surface area contributed by atoms with Gasteiger partial charge >= 0.3 is 0 Å². The van der Waals surface area contributed by atoms with Gasteiger partial charge in [-0.15, -0.1) is 11.3 Å². The number of hydrogen-bond donors (Lipinski definition) is 1. The molecule has 1 aromatic carbocycles. The fraction of sp³-hybridized carbons (Fsp3) is 0.412. The molecule has 1 saturated carbocycles. The normalized spacial score (nSPS) is 16.1. The first kappa shape index (κ1) is 14.7. The SMILES string of the molecule is CCCNC(c1ccc(-c2ccc(F)cc2F)s1)C1CC1. The van der Waals surface area contributed by atoms with Crippen LogP contribution in [0.5, 0.6) is 0 Å². The third kappa shape index (κ3) is 3.33. The third-order valence-electron chi connectivity index (χ3n) is 3.84. The lowest BCUT2D eigenvalue weighted by Crippen LogP contribution is -2.22. The number of thiophene rings is 1. The van der Waals surface area contributed by atoms with Gasteiger partial charge in [0.05, 0.1) is 0 Å². The Hall–Kier alpha value is -1.26. The van der Waals surface area contributed by atoms with Gasteiger partial charge in [0.2, 0.25) is 0 Å². The Balaban J connectivity index is 1.84. The van der Waals surface area contributed by atoms with Crippen LogP contribution in [0.4, 0.5) is 8.78 Å². The predicted octanol–water partition coefficient (Wildman–Crippen LogP) is 5.14. The van der Waals surface area contributed by atoms with Crippen LogP contribution in [0.3, 0.4) is 0 Å². The van der Waals surface area contributed by atoms with Crippen molar-refractivity contribution in [2.24, 2.45) is 5.92 Å². The Morgan fingerprint density at radius 3 is 2.71 bits per heavy atom. The highest BCUT2D eigenvalue weighted by Gasteiger charge is 2.32. The number of rotatable bonds is 6. The Labute approximate surface area is 128 Å². The zero-order valence-electron chi connectivity index (χ0n) is 12.0. The lowest BCUT2D eigenvalue weighted by molar-refractivity contribution is 0.488. The van der Waals surface area contributed by atoms with Crippen molar-refractivity contribution in [2.45, 2.75) is 32.2 Å². The first-order valence-corrected chi connectivity index (χ1v) is 8.29. The summed E-state index contributed by atoms with van der Waals surface area (Å²) in [6.07, 6.45) is 3.63. The van der Waals surface area contributed by atoms with Crippen LogP contribution in [-0.4, -0.2) is 6.54 Å². The minimum absolute atomic E-state index is 0.382. The Morgan fingerprint density at radius 2 is 2.05 bits per heavy atom. The van der Waals surface area contributed by atoms with Gasteiger partial charge in [0.1, 0.15) is 11.6 Å². The van der Waals surface area contributed by atoms with Crippen molar-refractivity contribution in [2.75, 3.05) is 6.54 Å². The summed E-state index contributed by atoms with van der Waals surface area (Å²) in [6, 6.07) is 8.18. The average Bonchev–Trinajstić information content (AvgIpc) is 3.18. The predicted molar refractivity (Wildman–Crippen MR) is 83.4 cm³/mol. The van der Waals surface area contributed by atoms with Crippen molar-refractivity contribution < 1.29 is 8.78 Å². The van der Waals surface area contributed by atoms with Gasteiger partial charge in [0.25, 0.3) is 0 Å². The van der Waals surface area contributed by atoms with E-state index in [0.29, 0.717) is 17.5 Å². The van der Waals surface area contributed by atoms with Crippen molar-refractivity contribution in [3.05, 3.63) is 46.8 Å². The molecule has 0 spiro atoms. The summed E-state index contributed by atoms with van der Waals surface area (Å²) in [7, 11) is 0. The van der Waals surface area contributed by atoms with Crippen LogP contribution in [0.2, 0.25) is 0 Å². The van der Waals surface area contributed by atoms with Crippen LogP contribution in [0.25, 0.3) is 10.4 Å². The molecule has 1 fully saturated rings. The highest BCUT2D eigenvalue weighted by molar-refractivity contribution is 7.15. The van der Waals surface area contributed by atoms with E-state index >= 15 is 0 Å². The summed E-state index contributed by atoms with van der Waals surface area (Å²) in [5.74, 6) is -0.317. The highest BCUT2D eigenvalue weighted by atomic mass is 32.1. The van der Waals surface area contributed by atoms with E-state index in [1.54, 1.807) is 11.3 Å². The Morgan fingerprint density at radius 1 is 1.24 bits per heavy atom. The lowest BCUT2D eigenvalue weighted by Gasteiger charge is -2.16. The third-order valence-corrected chi connectivity index (χ3v) is 5.04. The van der Waals surface area contributed by atoms with E-state index in [9.17, 15) is 8.78 Å². The van der Waals surface area contributed by atoms with Crippen molar-refractivity contribution in [1.82, 2.24) is 5.32 Å². The molecule has 1 unspecified atom stereocenters. The Bertz CT molecular complexity index is 619. The molecule has 112 valence electrons. The van der Waals surface area contributed by atoms with Gasteiger partial charge in [0.15, 0.2) is 0 Å². The summed E-state index contributed by atoms with van der Waals surface area (Å²) in [6.45, 7) is 3.16. The van der Waals surface area contributed by atoms with E-state index in [2.05, 4.69) is 18.3 Å². The van der Waals surface area contributed by atoms with E-state index in [0.717, 1.165) is 23.9 Å². The van der Waals surface area contributed by atoms with Gasteiger partial charge in [0, 0.05) is 27.4 Å². The first-order chi connectivity index (χ1) is 10.2. The molecule has 0 amide bonds. The van der Waals surface area contributed by atoms with Gasteiger partial charge in [-0.25, -0.2) is 8.78 Å². The maximum atomic E-state index is 13.9. The second-order valence-electron chi connectivity index (χ2n) is 5.60. The van der Waals surface area contributed by atoms with Crippen molar-refractivity contribution in [3.8, 4) is 10.4 Å². The highest BCUT2D eigenvalue weighted by Crippen LogP contribution is 2.44. The molecule has 0 saturated heterocycles. The molecule has 1 N–H and O–H groups in total. The zero-order valence-corrected chi connectivity index (χ0v) is 12.9. The number of benzene rings is 1. The summed E-state index contributed by atoms with van der Waals surface area (Å²) in [5, 5.41) is 3.59. The smallest absolute Gasteiger partial charge is 0.134 e. The second-order valence-corrected chi connectivity index (χ2v) is 6.71. The van der Waals surface area contributed by atoms with Gasteiger partial charge in [-0.1, -0.05) is 6.92 Å². The lowest BCUT2D eigenvalue weighted by atomic mass is 10.1. The van der Waals surface area contributed by atoms with E-state index in [4.69, 9.17) is 0 Å². The van der Waals surface area contributed by atoms with E-state index < -0.39 is 11.6 Å². The Kier molecular flexibility index (Phi) is 4.36. The maximum Gasteiger partial charge on any atom is 0.134 e. The van der Waals surface area contributed by atoms with Gasteiger partial charge in [-0.2, -0.15) is 0 Å². The van der Waals surface area contributed by atoms with Crippen LogP contribution in [-0.2, 0) is 0 Å². The fourth-order valence-electron chi connectivity index (χ4n) is 2.58. The zero-order chi connectivity index (χ0) is 14.8. The molecule has 1 aliphatic rings. The molecule has 4 heteroatoms. The summed E-state index contributed by atoms with van der Waals surface area (Å²) >= 11 is 1.61. The molecule has 0 bridgehead atoms. The standard InChI is InChI=1S/C17H19F2NS/c1-2-9-20-17(11-3-4-11)16-8-7-15(21-16)13-6-5-12(18)10-14(13)19/h5-8,10-11,17,20H,2-4,9H2,1H3. The van der Waals surface area contributed by atoms with Gasteiger partial charge < -0.3 is 5.32 Å².